The Hall–Kier alpha value is -1.04. The second kappa shape index (κ2) is 5.64. The summed E-state index contributed by atoms with van der Waals surface area (Å²) in [6, 6.07) is 10.7. The molecule has 0 bridgehead atoms. The number of hydrogen-bond donors (Lipinski definition) is 0. The summed E-state index contributed by atoms with van der Waals surface area (Å²) in [5, 5.41) is 0. The van der Waals surface area contributed by atoms with E-state index in [-0.39, 0.29) is 0 Å². The van der Waals surface area contributed by atoms with Crippen molar-refractivity contribution in [1.29, 1.82) is 0 Å². The van der Waals surface area contributed by atoms with E-state index in [0.29, 0.717) is 0 Å². The lowest BCUT2D eigenvalue weighted by atomic mass is 9.96. The summed E-state index contributed by atoms with van der Waals surface area (Å²) in [6.07, 6.45) is 4.64. The number of rotatable bonds is 4. The Labute approximate surface area is 87.7 Å². The van der Waals surface area contributed by atoms with Crippen molar-refractivity contribution in [3.8, 4) is 0 Å². The van der Waals surface area contributed by atoms with E-state index in [9.17, 15) is 0 Å². The minimum atomic E-state index is 0.730. The van der Waals surface area contributed by atoms with E-state index in [2.05, 4.69) is 57.2 Å². The van der Waals surface area contributed by atoms with Crippen LogP contribution in [-0.2, 0) is 0 Å². The molecule has 1 aromatic carbocycles. The molecule has 0 aliphatic heterocycles. The molecule has 14 heavy (non-hydrogen) atoms. The van der Waals surface area contributed by atoms with Gasteiger partial charge in [-0.25, -0.2) is 0 Å². The van der Waals surface area contributed by atoms with Gasteiger partial charge in [0.05, 0.1) is 0 Å². The topological polar surface area (TPSA) is 0 Å². The molecule has 0 radical (unpaired) electrons. The maximum Gasteiger partial charge on any atom is -0.0228 e. The minimum absolute atomic E-state index is 0.730. The van der Waals surface area contributed by atoms with Crippen molar-refractivity contribution in [2.75, 3.05) is 0 Å². The first-order valence-corrected chi connectivity index (χ1v) is 5.48. The van der Waals surface area contributed by atoms with Gasteiger partial charge in [-0.2, -0.15) is 0 Å². The van der Waals surface area contributed by atoms with E-state index in [1.807, 2.05) is 0 Å². The van der Waals surface area contributed by atoms with Gasteiger partial charge in [0.1, 0.15) is 0 Å². The van der Waals surface area contributed by atoms with Crippen LogP contribution in [0.2, 0.25) is 0 Å². The van der Waals surface area contributed by atoms with Crippen molar-refractivity contribution < 1.29 is 0 Å². The molecule has 1 aromatic rings. The van der Waals surface area contributed by atoms with Gasteiger partial charge < -0.3 is 0 Å². The van der Waals surface area contributed by atoms with E-state index in [0.717, 1.165) is 12.3 Å². The van der Waals surface area contributed by atoms with Gasteiger partial charge in [-0.1, -0.05) is 57.2 Å². The molecule has 0 heteroatoms. The SMILES string of the molecule is CC/C=C(/CC(C)C)c1ccccc1. The number of benzene rings is 1. The van der Waals surface area contributed by atoms with Crippen LogP contribution in [0.15, 0.2) is 36.4 Å². The molecule has 0 atom stereocenters. The minimum Gasteiger partial charge on any atom is -0.0810 e. The summed E-state index contributed by atoms with van der Waals surface area (Å²) in [7, 11) is 0. The van der Waals surface area contributed by atoms with Gasteiger partial charge in [0.25, 0.3) is 0 Å². The molecule has 0 saturated carbocycles. The second-order valence-electron chi connectivity index (χ2n) is 4.10. The molecule has 0 saturated heterocycles. The van der Waals surface area contributed by atoms with Gasteiger partial charge in [0.2, 0.25) is 0 Å². The standard InChI is InChI=1S/C14H20/c1-4-8-14(11-12(2)3)13-9-6-5-7-10-13/h5-10,12H,4,11H2,1-3H3/b14-8-. The molecule has 0 amide bonds. The molecule has 0 aromatic heterocycles. The van der Waals surface area contributed by atoms with Crippen LogP contribution >= 0.6 is 0 Å². The van der Waals surface area contributed by atoms with Gasteiger partial charge in [-0.3, -0.25) is 0 Å². The number of allylic oxidation sites excluding steroid dienone is 2. The monoisotopic (exact) mass is 188 g/mol. The van der Waals surface area contributed by atoms with Crippen molar-refractivity contribution in [3.05, 3.63) is 42.0 Å². The Bertz CT molecular complexity index is 280. The first-order chi connectivity index (χ1) is 6.74. The van der Waals surface area contributed by atoms with Crippen LogP contribution in [0, 0.1) is 5.92 Å². The summed E-state index contributed by atoms with van der Waals surface area (Å²) in [4.78, 5) is 0. The molecular weight excluding hydrogens is 168 g/mol. The van der Waals surface area contributed by atoms with E-state index in [4.69, 9.17) is 0 Å². The maximum absolute atomic E-state index is 2.34. The lowest BCUT2D eigenvalue weighted by Gasteiger charge is -2.10. The van der Waals surface area contributed by atoms with E-state index < -0.39 is 0 Å². The molecule has 0 aliphatic rings. The van der Waals surface area contributed by atoms with Crippen molar-refractivity contribution in [2.24, 2.45) is 5.92 Å². The Kier molecular flexibility index (Phi) is 4.45. The predicted molar refractivity (Wildman–Crippen MR) is 64.2 cm³/mol. The average molecular weight is 188 g/mol. The van der Waals surface area contributed by atoms with E-state index in [1.165, 1.54) is 17.6 Å². The van der Waals surface area contributed by atoms with E-state index in [1.54, 1.807) is 0 Å². The fraction of sp³-hybridized carbons (Fsp3) is 0.429. The Balaban J connectivity index is 2.84. The highest BCUT2D eigenvalue weighted by molar-refractivity contribution is 5.65. The van der Waals surface area contributed by atoms with Gasteiger partial charge in [0, 0.05) is 0 Å². The van der Waals surface area contributed by atoms with Gasteiger partial charge in [-0.05, 0) is 29.9 Å². The molecule has 0 N–H and O–H groups in total. The normalized spacial score (nSPS) is 12.1. The van der Waals surface area contributed by atoms with Crippen molar-refractivity contribution in [3.63, 3.8) is 0 Å². The smallest absolute Gasteiger partial charge is 0.0228 e. The summed E-state index contributed by atoms with van der Waals surface area (Å²) < 4.78 is 0. The molecule has 0 fully saturated rings. The maximum atomic E-state index is 2.34. The van der Waals surface area contributed by atoms with Crippen LogP contribution in [-0.4, -0.2) is 0 Å². The van der Waals surface area contributed by atoms with Crippen LogP contribution in [0.4, 0.5) is 0 Å². The highest BCUT2D eigenvalue weighted by Gasteiger charge is 2.02. The fourth-order valence-electron chi connectivity index (χ4n) is 1.66. The zero-order valence-corrected chi connectivity index (χ0v) is 9.46. The Morgan fingerprint density at radius 1 is 1.21 bits per heavy atom. The third-order valence-corrected chi connectivity index (χ3v) is 2.22. The summed E-state index contributed by atoms with van der Waals surface area (Å²) in [6.45, 7) is 6.74. The van der Waals surface area contributed by atoms with E-state index >= 15 is 0 Å². The molecule has 76 valence electrons. The lowest BCUT2D eigenvalue weighted by molar-refractivity contribution is 0.672. The molecule has 1 rings (SSSR count). The van der Waals surface area contributed by atoms with Crippen LogP contribution in [0.5, 0.6) is 0 Å². The van der Waals surface area contributed by atoms with Gasteiger partial charge in [-0.15, -0.1) is 0 Å². The average Bonchev–Trinajstić information content (AvgIpc) is 2.18. The highest BCUT2D eigenvalue weighted by atomic mass is 14.1. The van der Waals surface area contributed by atoms with Crippen LogP contribution in [0.3, 0.4) is 0 Å². The zero-order valence-electron chi connectivity index (χ0n) is 9.46. The fourth-order valence-corrected chi connectivity index (χ4v) is 1.66. The number of hydrogen-bond acceptors (Lipinski definition) is 0. The Morgan fingerprint density at radius 2 is 1.86 bits per heavy atom. The molecule has 0 aliphatic carbocycles. The third kappa shape index (κ3) is 3.37. The molecular formula is C14H20. The first kappa shape index (κ1) is 11.0. The summed E-state index contributed by atoms with van der Waals surface area (Å²) in [5.41, 5.74) is 2.87. The quantitative estimate of drug-likeness (QED) is 0.651. The predicted octanol–water partition coefficient (Wildman–Crippen LogP) is 4.53. The van der Waals surface area contributed by atoms with Gasteiger partial charge >= 0.3 is 0 Å². The lowest BCUT2D eigenvalue weighted by Crippen LogP contribution is -1.91. The van der Waals surface area contributed by atoms with Gasteiger partial charge in [0.15, 0.2) is 0 Å². The van der Waals surface area contributed by atoms with Crippen molar-refractivity contribution >= 4 is 5.57 Å². The van der Waals surface area contributed by atoms with Crippen molar-refractivity contribution in [2.45, 2.75) is 33.6 Å². The summed E-state index contributed by atoms with van der Waals surface area (Å²) in [5.74, 6) is 0.730. The van der Waals surface area contributed by atoms with Crippen molar-refractivity contribution in [1.82, 2.24) is 0 Å². The molecule has 0 spiro atoms. The largest absolute Gasteiger partial charge is 0.0810 e. The van der Waals surface area contributed by atoms with Crippen LogP contribution < -0.4 is 0 Å². The first-order valence-electron chi connectivity index (χ1n) is 5.48. The third-order valence-electron chi connectivity index (χ3n) is 2.22. The van der Waals surface area contributed by atoms with Crippen LogP contribution in [0.25, 0.3) is 5.57 Å². The molecule has 0 unspecified atom stereocenters. The Morgan fingerprint density at radius 3 is 2.36 bits per heavy atom. The summed E-state index contributed by atoms with van der Waals surface area (Å²) >= 11 is 0. The second-order valence-corrected chi connectivity index (χ2v) is 4.10. The highest BCUT2D eigenvalue weighted by Crippen LogP contribution is 2.22. The zero-order chi connectivity index (χ0) is 10.4. The van der Waals surface area contributed by atoms with Crippen LogP contribution in [0.1, 0.15) is 39.2 Å². The molecule has 0 heterocycles. The molecule has 0 nitrogen and oxygen atoms in total.